The summed E-state index contributed by atoms with van der Waals surface area (Å²) >= 11 is 0. The maximum Gasteiger partial charge on any atom is 0.317 e. The zero-order valence-corrected chi connectivity index (χ0v) is 6.62. The predicted molar refractivity (Wildman–Crippen MR) is 42.2 cm³/mol. The summed E-state index contributed by atoms with van der Waals surface area (Å²) in [6, 6.07) is 0. The lowest BCUT2D eigenvalue weighted by Gasteiger charge is -2.28. The van der Waals surface area contributed by atoms with E-state index in [0.717, 1.165) is 25.9 Å². The Morgan fingerprint density at radius 2 is 2.09 bits per heavy atom. The highest BCUT2D eigenvalue weighted by Crippen LogP contribution is 2.14. The number of nitrogens with zero attached hydrogens (tertiary/aromatic N) is 1. The zero-order chi connectivity index (χ0) is 8.27. The molecule has 1 rings (SSSR count). The van der Waals surface area contributed by atoms with Crippen LogP contribution < -0.4 is 0 Å². The van der Waals surface area contributed by atoms with Gasteiger partial charge in [-0.25, -0.2) is 0 Å². The van der Waals surface area contributed by atoms with Crippen molar-refractivity contribution in [3.8, 4) is 0 Å². The summed E-state index contributed by atoms with van der Waals surface area (Å²) in [4.78, 5) is 12.3. The average molecular weight is 156 g/mol. The molecule has 1 N–H and O–H groups in total. The minimum atomic E-state index is -0.729. The summed E-state index contributed by atoms with van der Waals surface area (Å²) in [5.41, 5.74) is 0. The summed E-state index contributed by atoms with van der Waals surface area (Å²) in [5.74, 6) is -0.201. The molecule has 1 saturated heterocycles. The Labute approximate surface area is 67.0 Å². The first-order chi connectivity index (χ1) is 5.18. The van der Waals surface area contributed by atoms with E-state index in [1.165, 1.54) is 0 Å². The molecule has 0 aliphatic carbocycles. The van der Waals surface area contributed by atoms with Gasteiger partial charge in [-0.05, 0) is 31.8 Å². The van der Waals surface area contributed by atoms with Crippen molar-refractivity contribution < 1.29 is 9.90 Å². The Morgan fingerprint density at radius 1 is 1.55 bits per heavy atom. The SMILES string of the molecule is [CH2]C1CCN(CC(=O)O)CC1. The number of rotatable bonds is 2. The molecule has 1 fully saturated rings. The molecule has 3 heteroatoms. The van der Waals surface area contributed by atoms with Crippen molar-refractivity contribution >= 4 is 5.97 Å². The maximum absolute atomic E-state index is 10.3. The third-order valence-corrected chi connectivity index (χ3v) is 2.07. The number of hydrogen-bond donors (Lipinski definition) is 1. The fourth-order valence-electron chi connectivity index (χ4n) is 1.34. The van der Waals surface area contributed by atoms with Gasteiger partial charge in [-0.2, -0.15) is 0 Å². The zero-order valence-electron chi connectivity index (χ0n) is 6.62. The van der Waals surface area contributed by atoms with Gasteiger partial charge in [-0.1, -0.05) is 6.92 Å². The highest BCUT2D eigenvalue weighted by atomic mass is 16.4. The molecule has 0 unspecified atom stereocenters. The topological polar surface area (TPSA) is 40.5 Å². The van der Waals surface area contributed by atoms with E-state index >= 15 is 0 Å². The molecule has 0 aromatic carbocycles. The normalized spacial score (nSPS) is 21.9. The Morgan fingerprint density at radius 3 is 2.55 bits per heavy atom. The molecule has 0 saturated carbocycles. The number of hydrogen-bond acceptors (Lipinski definition) is 2. The van der Waals surface area contributed by atoms with Crippen LogP contribution in [0, 0.1) is 12.8 Å². The van der Waals surface area contributed by atoms with Gasteiger partial charge >= 0.3 is 5.97 Å². The second-order valence-corrected chi connectivity index (χ2v) is 3.11. The summed E-state index contributed by atoms with van der Waals surface area (Å²) in [5, 5.41) is 8.47. The Hall–Kier alpha value is -0.570. The summed E-state index contributed by atoms with van der Waals surface area (Å²) in [6.45, 7) is 5.90. The first-order valence-electron chi connectivity index (χ1n) is 3.95. The van der Waals surface area contributed by atoms with Crippen LogP contribution in [0.2, 0.25) is 0 Å². The van der Waals surface area contributed by atoms with Crippen LogP contribution in [0.3, 0.4) is 0 Å². The van der Waals surface area contributed by atoms with Crippen molar-refractivity contribution in [2.75, 3.05) is 19.6 Å². The minimum absolute atomic E-state index is 0.187. The minimum Gasteiger partial charge on any atom is -0.480 e. The standard InChI is InChI=1S/C8H14NO2/c1-7-2-4-9(5-3-7)6-8(10)11/h7H,1-6H2,(H,10,11). The van der Waals surface area contributed by atoms with Crippen LogP contribution >= 0.6 is 0 Å². The van der Waals surface area contributed by atoms with Crippen molar-refractivity contribution in [3.63, 3.8) is 0 Å². The second-order valence-electron chi connectivity index (χ2n) is 3.11. The van der Waals surface area contributed by atoms with Crippen LogP contribution in [0.5, 0.6) is 0 Å². The molecule has 11 heavy (non-hydrogen) atoms. The number of piperidine rings is 1. The smallest absolute Gasteiger partial charge is 0.317 e. The molecule has 0 atom stereocenters. The highest BCUT2D eigenvalue weighted by molar-refractivity contribution is 5.69. The largest absolute Gasteiger partial charge is 0.480 e. The Bertz CT molecular complexity index is 139. The monoisotopic (exact) mass is 156 g/mol. The van der Waals surface area contributed by atoms with Crippen molar-refractivity contribution in [1.29, 1.82) is 0 Å². The number of likely N-dealkylation sites (tertiary alicyclic amines) is 1. The van der Waals surface area contributed by atoms with Gasteiger partial charge in [-0.15, -0.1) is 0 Å². The fourth-order valence-corrected chi connectivity index (χ4v) is 1.34. The lowest BCUT2D eigenvalue weighted by molar-refractivity contribution is -0.138. The Kier molecular flexibility index (Phi) is 2.88. The first-order valence-corrected chi connectivity index (χ1v) is 3.95. The van der Waals surface area contributed by atoms with Crippen molar-refractivity contribution in [3.05, 3.63) is 6.92 Å². The van der Waals surface area contributed by atoms with E-state index in [1.54, 1.807) is 0 Å². The molecule has 0 amide bonds. The van der Waals surface area contributed by atoms with E-state index < -0.39 is 5.97 Å². The molecule has 0 spiro atoms. The van der Waals surface area contributed by atoms with Gasteiger partial charge in [-0.3, -0.25) is 9.69 Å². The molecule has 1 heterocycles. The fraction of sp³-hybridized carbons (Fsp3) is 0.750. The van der Waals surface area contributed by atoms with Crippen molar-refractivity contribution in [2.45, 2.75) is 12.8 Å². The number of carbonyl (C=O) groups is 1. The van der Waals surface area contributed by atoms with Gasteiger partial charge in [0.05, 0.1) is 6.54 Å². The van der Waals surface area contributed by atoms with Crippen LogP contribution in [0.1, 0.15) is 12.8 Å². The van der Waals surface area contributed by atoms with E-state index in [0.29, 0.717) is 5.92 Å². The molecular weight excluding hydrogens is 142 g/mol. The van der Waals surface area contributed by atoms with E-state index in [9.17, 15) is 4.79 Å². The summed E-state index contributed by atoms with van der Waals surface area (Å²) < 4.78 is 0. The first kappa shape index (κ1) is 8.53. The van der Waals surface area contributed by atoms with Crippen LogP contribution in [-0.2, 0) is 4.79 Å². The van der Waals surface area contributed by atoms with E-state index in [4.69, 9.17) is 5.11 Å². The molecule has 0 aromatic heterocycles. The van der Waals surface area contributed by atoms with Gasteiger partial charge in [0, 0.05) is 0 Å². The average Bonchev–Trinajstić information content (AvgIpc) is 1.93. The van der Waals surface area contributed by atoms with Crippen LogP contribution in [0.25, 0.3) is 0 Å². The quantitative estimate of drug-likeness (QED) is 0.637. The van der Waals surface area contributed by atoms with Gasteiger partial charge in [0.1, 0.15) is 0 Å². The van der Waals surface area contributed by atoms with Crippen LogP contribution in [0.4, 0.5) is 0 Å². The van der Waals surface area contributed by atoms with Gasteiger partial charge in [0.2, 0.25) is 0 Å². The van der Waals surface area contributed by atoms with Crippen molar-refractivity contribution in [1.82, 2.24) is 4.90 Å². The van der Waals surface area contributed by atoms with E-state index in [2.05, 4.69) is 6.92 Å². The molecule has 1 radical (unpaired) electrons. The molecule has 0 aromatic rings. The third kappa shape index (κ3) is 2.89. The number of carboxylic acid groups (broad SMARTS) is 1. The lowest BCUT2D eigenvalue weighted by atomic mass is 9.99. The number of carboxylic acids is 1. The molecular formula is C8H14NO2. The molecule has 63 valence electrons. The lowest BCUT2D eigenvalue weighted by Crippen LogP contribution is -2.36. The summed E-state index contributed by atoms with van der Waals surface area (Å²) in [7, 11) is 0. The maximum atomic E-state index is 10.3. The van der Waals surface area contributed by atoms with Gasteiger partial charge < -0.3 is 5.11 Å². The Balaban J connectivity index is 2.22. The molecule has 1 aliphatic rings. The van der Waals surface area contributed by atoms with Crippen LogP contribution in [0.15, 0.2) is 0 Å². The van der Waals surface area contributed by atoms with Gasteiger partial charge in [0.25, 0.3) is 0 Å². The third-order valence-electron chi connectivity index (χ3n) is 2.07. The van der Waals surface area contributed by atoms with E-state index in [1.807, 2.05) is 4.90 Å². The van der Waals surface area contributed by atoms with Crippen LogP contribution in [-0.4, -0.2) is 35.6 Å². The molecule has 0 bridgehead atoms. The van der Waals surface area contributed by atoms with E-state index in [-0.39, 0.29) is 6.54 Å². The predicted octanol–water partition coefficient (Wildman–Crippen LogP) is 0.617. The molecule has 1 aliphatic heterocycles. The van der Waals surface area contributed by atoms with Gasteiger partial charge in [0.15, 0.2) is 0 Å². The highest BCUT2D eigenvalue weighted by Gasteiger charge is 2.16. The van der Waals surface area contributed by atoms with Crippen molar-refractivity contribution in [2.24, 2.45) is 5.92 Å². The summed E-state index contributed by atoms with van der Waals surface area (Å²) in [6.07, 6.45) is 2.07. The molecule has 3 nitrogen and oxygen atoms in total. The second kappa shape index (κ2) is 3.72. The number of aliphatic carboxylic acids is 1.